The largest absolute Gasteiger partial charge is 0.465 e. The van der Waals surface area contributed by atoms with Gasteiger partial charge in [0.1, 0.15) is 17.0 Å². The Balaban J connectivity index is 2.39. The fourth-order valence-electron chi connectivity index (χ4n) is 3.67. The van der Waals surface area contributed by atoms with E-state index in [1.807, 2.05) is 6.92 Å². The third kappa shape index (κ3) is 2.72. The molecule has 8 heteroatoms. The van der Waals surface area contributed by atoms with E-state index in [9.17, 15) is 14.4 Å². The number of dihydropyridines is 1. The highest BCUT2D eigenvalue weighted by Gasteiger charge is 2.60. The van der Waals surface area contributed by atoms with Crippen LogP contribution in [0.4, 0.5) is 0 Å². The molecule has 0 aliphatic carbocycles. The van der Waals surface area contributed by atoms with Gasteiger partial charge in [-0.05, 0) is 19.4 Å². The quantitative estimate of drug-likeness (QED) is 0.579. The normalized spacial score (nSPS) is 20.6. The molecule has 1 spiro atoms. The lowest BCUT2D eigenvalue weighted by Gasteiger charge is -2.37. The highest BCUT2D eigenvalue weighted by atomic mass is 16.6. The number of methoxy groups -OCH3 is 1. The van der Waals surface area contributed by atoms with E-state index in [4.69, 9.17) is 19.9 Å². The molecule has 2 aliphatic heterocycles. The van der Waals surface area contributed by atoms with Gasteiger partial charge < -0.3 is 25.3 Å². The molecule has 1 unspecified atom stereocenters. The van der Waals surface area contributed by atoms with Gasteiger partial charge in [-0.1, -0.05) is 31.5 Å². The molecule has 148 valence electrons. The van der Waals surface area contributed by atoms with Crippen LogP contribution in [0.3, 0.4) is 0 Å². The number of carbonyl (C=O) groups is 3. The van der Waals surface area contributed by atoms with E-state index >= 15 is 0 Å². The molecule has 0 amide bonds. The summed E-state index contributed by atoms with van der Waals surface area (Å²) in [5, 5.41) is 2.91. The van der Waals surface area contributed by atoms with Crippen molar-refractivity contribution in [3.63, 3.8) is 0 Å². The van der Waals surface area contributed by atoms with E-state index in [0.29, 0.717) is 24.1 Å². The second-order valence-electron chi connectivity index (χ2n) is 6.35. The Bertz CT molecular complexity index is 917. The Hall–Kier alpha value is -3.29. The molecule has 1 aromatic rings. The van der Waals surface area contributed by atoms with Gasteiger partial charge in [0, 0.05) is 11.3 Å². The molecule has 0 fully saturated rings. The number of ether oxygens (including phenoxy) is 3. The Morgan fingerprint density at radius 1 is 1.18 bits per heavy atom. The Morgan fingerprint density at radius 3 is 2.54 bits per heavy atom. The molecule has 1 aromatic carbocycles. The maximum atomic E-state index is 13.0. The number of fused-ring (bicyclic) bond motifs is 2. The molecule has 0 saturated heterocycles. The molecule has 0 radical (unpaired) electrons. The molecule has 3 rings (SSSR count). The smallest absolute Gasteiger partial charge is 0.342 e. The number of benzene rings is 1. The summed E-state index contributed by atoms with van der Waals surface area (Å²) < 4.78 is 15.9. The van der Waals surface area contributed by atoms with Gasteiger partial charge in [-0.25, -0.2) is 14.4 Å². The molecule has 0 saturated carbocycles. The number of hydrogen-bond acceptors (Lipinski definition) is 8. The van der Waals surface area contributed by atoms with Crippen molar-refractivity contribution in [1.82, 2.24) is 5.32 Å². The van der Waals surface area contributed by atoms with Crippen LogP contribution >= 0.6 is 0 Å². The lowest BCUT2D eigenvalue weighted by molar-refractivity contribution is -0.142. The predicted molar refractivity (Wildman–Crippen MR) is 98.5 cm³/mol. The summed E-state index contributed by atoms with van der Waals surface area (Å²) >= 11 is 0. The molecule has 28 heavy (non-hydrogen) atoms. The fourth-order valence-corrected chi connectivity index (χ4v) is 3.67. The van der Waals surface area contributed by atoms with Crippen molar-refractivity contribution in [3.8, 4) is 0 Å². The maximum Gasteiger partial charge on any atom is 0.342 e. The van der Waals surface area contributed by atoms with Crippen LogP contribution in [-0.4, -0.2) is 31.6 Å². The Morgan fingerprint density at radius 2 is 1.89 bits per heavy atom. The van der Waals surface area contributed by atoms with Gasteiger partial charge in [0.2, 0.25) is 5.60 Å². The zero-order valence-electron chi connectivity index (χ0n) is 16.0. The first-order valence-electron chi connectivity index (χ1n) is 9.01. The van der Waals surface area contributed by atoms with Crippen LogP contribution in [0.5, 0.6) is 0 Å². The lowest BCUT2D eigenvalue weighted by Crippen LogP contribution is -2.48. The Kier molecular flexibility index (Phi) is 5.13. The first-order valence-corrected chi connectivity index (χ1v) is 9.01. The van der Waals surface area contributed by atoms with Crippen molar-refractivity contribution in [2.24, 2.45) is 5.73 Å². The summed E-state index contributed by atoms with van der Waals surface area (Å²) in [4.78, 5) is 38.3. The van der Waals surface area contributed by atoms with Gasteiger partial charge in [-0.3, -0.25) is 0 Å². The van der Waals surface area contributed by atoms with Crippen molar-refractivity contribution in [2.75, 3.05) is 13.7 Å². The average molecular weight is 386 g/mol. The van der Waals surface area contributed by atoms with E-state index < -0.39 is 23.5 Å². The van der Waals surface area contributed by atoms with Crippen LogP contribution in [0.15, 0.2) is 46.9 Å². The predicted octanol–water partition coefficient (Wildman–Crippen LogP) is 1.62. The summed E-state index contributed by atoms with van der Waals surface area (Å²) in [6.45, 7) is 3.70. The minimum Gasteiger partial charge on any atom is -0.465 e. The number of allylic oxidation sites excluding steroid dienone is 1. The molecular weight excluding hydrogens is 364 g/mol. The minimum atomic E-state index is -1.83. The second-order valence-corrected chi connectivity index (χ2v) is 6.35. The Labute approximate surface area is 162 Å². The molecular formula is C20H22N2O6. The van der Waals surface area contributed by atoms with Crippen LogP contribution < -0.4 is 11.1 Å². The first kappa shape index (κ1) is 19.5. The number of hydrogen-bond donors (Lipinski definition) is 2. The first-order chi connectivity index (χ1) is 13.4. The van der Waals surface area contributed by atoms with Crippen LogP contribution in [0.25, 0.3) is 0 Å². The highest BCUT2D eigenvalue weighted by molar-refractivity contribution is 6.07. The average Bonchev–Trinajstić information content (AvgIpc) is 2.95. The third-order valence-electron chi connectivity index (χ3n) is 4.70. The number of rotatable bonds is 5. The van der Waals surface area contributed by atoms with Gasteiger partial charge in [-0.2, -0.15) is 0 Å². The summed E-state index contributed by atoms with van der Waals surface area (Å²) in [6.07, 6.45) is 1.11. The van der Waals surface area contributed by atoms with Gasteiger partial charge in [0.15, 0.2) is 0 Å². The number of carbonyl (C=O) groups excluding carboxylic acids is 3. The van der Waals surface area contributed by atoms with Crippen LogP contribution in [0.1, 0.15) is 42.6 Å². The molecule has 2 aliphatic rings. The lowest BCUT2D eigenvalue weighted by atomic mass is 9.75. The molecule has 0 bridgehead atoms. The topological polar surface area (TPSA) is 117 Å². The molecule has 8 nitrogen and oxygen atoms in total. The van der Waals surface area contributed by atoms with E-state index in [-0.39, 0.29) is 29.1 Å². The van der Waals surface area contributed by atoms with Crippen molar-refractivity contribution < 1.29 is 28.6 Å². The monoisotopic (exact) mass is 386 g/mol. The minimum absolute atomic E-state index is 0.0316. The van der Waals surface area contributed by atoms with E-state index in [2.05, 4.69) is 5.32 Å². The number of nitrogens with one attached hydrogen (secondary N) is 1. The van der Waals surface area contributed by atoms with Crippen LogP contribution in [0, 0.1) is 0 Å². The standard InChI is InChI=1S/C20H22N2O6/c1-4-8-13-14(19(25)27-5-2)20(15(16(21)22-13)18(24)26-3)12-10-7-6-9-11(12)17(23)28-20/h6-7,9-10,22H,4-5,8,21H2,1-3H3. The van der Waals surface area contributed by atoms with Crippen LogP contribution in [0.2, 0.25) is 0 Å². The van der Waals surface area contributed by atoms with Gasteiger partial charge in [0.05, 0.1) is 19.3 Å². The van der Waals surface area contributed by atoms with Crippen molar-refractivity contribution in [1.29, 1.82) is 0 Å². The highest BCUT2D eigenvalue weighted by Crippen LogP contribution is 2.51. The fraction of sp³-hybridized carbons (Fsp3) is 0.350. The zero-order chi connectivity index (χ0) is 20.5. The van der Waals surface area contributed by atoms with Crippen molar-refractivity contribution in [3.05, 3.63) is 58.1 Å². The SMILES string of the molecule is CCCC1=C(C(=O)OCC)C2(OC(=O)c3ccccc32)C(C(=O)OC)=C(N)N1. The van der Waals surface area contributed by atoms with Crippen molar-refractivity contribution >= 4 is 17.9 Å². The summed E-state index contributed by atoms with van der Waals surface area (Å²) in [5.41, 5.74) is 5.24. The summed E-state index contributed by atoms with van der Waals surface area (Å²) in [5.74, 6) is -2.21. The number of esters is 3. The molecule has 1 atom stereocenters. The summed E-state index contributed by atoms with van der Waals surface area (Å²) in [7, 11) is 1.19. The third-order valence-corrected chi connectivity index (χ3v) is 4.70. The molecule has 0 aromatic heterocycles. The van der Waals surface area contributed by atoms with Gasteiger partial charge in [-0.15, -0.1) is 0 Å². The van der Waals surface area contributed by atoms with E-state index in [0.717, 1.165) is 0 Å². The summed E-state index contributed by atoms with van der Waals surface area (Å²) in [6, 6.07) is 6.57. The van der Waals surface area contributed by atoms with E-state index in [1.54, 1.807) is 31.2 Å². The molecule has 2 heterocycles. The van der Waals surface area contributed by atoms with Crippen molar-refractivity contribution in [2.45, 2.75) is 32.3 Å². The number of nitrogens with two attached hydrogens (primary N) is 1. The maximum absolute atomic E-state index is 13.0. The van der Waals surface area contributed by atoms with E-state index in [1.165, 1.54) is 7.11 Å². The van der Waals surface area contributed by atoms with Gasteiger partial charge in [0.25, 0.3) is 0 Å². The van der Waals surface area contributed by atoms with Crippen LogP contribution in [-0.2, 0) is 29.4 Å². The zero-order valence-corrected chi connectivity index (χ0v) is 16.0. The second kappa shape index (κ2) is 7.38. The van der Waals surface area contributed by atoms with Gasteiger partial charge >= 0.3 is 17.9 Å². The molecule has 3 N–H and O–H groups in total.